The summed E-state index contributed by atoms with van der Waals surface area (Å²) in [4.78, 5) is 4.31. The number of nitrogens with zero attached hydrogens (tertiary/aromatic N) is 1. The van der Waals surface area contributed by atoms with Gasteiger partial charge in [-0.2, -0.15) is 0 Å². The van der Waals surface area contributed by atoms with Crippen LogP contribution in [0.25, 0.3) is 0 Å². The van der Waals surface area contributed by atoms with Gasteiger partial charge in [0.25, 0.3) is 10.0 Å². The largest absolute Gasteiger partial charge is 0.389 e. The van der Waals surface area contributed by atoms with Gasteiger partial charge in [-0.3, -0.25) is 4.72 Å². The van der Waals surface area contributed by atoms with Crippen LogP contribution in [0.1, 0.15) is 11.1 Å². The number of nitrogens with two attached hydrogens (primary N) is 1. The topological polar surface area (TPSA) is 85.1 Å². The van der Waals surface area contributed by atoms with E-state index in [-0.39, 0.29) is 9.88 Å². The van der Waals surface area contributed by atoms with Gasteiger partial charge in [0, 0.05) is 5.56 Å². The van der Waals surface area contributed by atoms with Crippen LogP contribution >= 0.6 is 39.5 Å². The second-order valence-electron chi connectivity index (χ2n) is 3.92. The Morgan fingerprint density at radius 2 is 2.20 bits per heavy atom. The molecule has 0 saturated heterocycles. The third-order valence-corrected chi connectivity index (χ3v) is 5.55. The lowest BCUT2D eigenvalue weighted by Crippen LogP contribution is -2.15. The first-order chi connectivity index (χ1) is 9.29. The number of thiazole rings is 1. The van der Waals surface area contributed by atoms with Crippen molar-refractivity contribution in [2.75, 3.05) is 4.72 Å². The second kappa shape index (κ2) is 5.76. The molecule has 0 atom stereocenters. The summed E-state index contributed by atoms with van der Waals surface area (Å²) in [5.41, 5.74) is 6.92. The van der Waals surface area contributed by atoms with Crippen LogP contribution in [-0.4, -0.2) is 18.4 Å². The molecule has 0 aliphatic heterocycles. The monoisotopic (exact) mass is 391 g/mol. The Morgan fingerprint density at radius 3 is 2.70 bits per heavy atom. The van der Waals surface area contributed by atoms with Gasteiger partial charge in [0.1, 0.15) is 4.99 Å². The van der Waals surface area contributed by atoms with Gasteiger partial charge >= 0.3 is 0 Å². The van der Waals surface area contributed by atoms with Crippen LogP contribution < -0.4 is 10.5 Å². The van der Waals surface area contributed by atoms with Crippen molar-refractivity contribution in [1.82, 2.24) is 4.98 Å². The first-order valence-electron chi connectivity index (χ1n) is 5.34. The molecular formula is C11H10BrN3O2S3. The van der Waals surface area contributed by atoms with Gasteiger partial charge in [-0.1, -0.05) is 29.6 Å². The van der Waals surface area contributed by atoms with Crippen LogP contribution in [0.3, 0.4) is 0 Å². The highest BCUT2D eigenvalue weighted by Gasteiger charge is 2.17. The number of halogens is 1. The van der Waals surface area contributed by atoms with E-state index < -0.39 is 10.0 Å². The molecule has 1 aromatic carbocycles. The van der Waals surface area contributed by atoms with E-state index in [2.05, 4.69) is 25.6 Å². The van der Waals surface area contributed by atoms with E-state index in [1.54, 1.807) is 13.0 Å². The highest BCUT2D eigenvalue weighted by Crippen LogP contribution is 2.26. The molecule has 0 saturated carbocycles. The van der Waals surface area contributed by atoms with E-state index >= 15 is 0 Å². The fraction of sp³-hybridized carbons (Fsp3) is 0.0909. The first-order valence-corrected chi connectivity index (χ1v) is 8.84. The number of nitrogens with one attached hydrogen (secondary N) is 1. The van der Waals surface area contributed by atoms with Gasteiger partial charge in [0.15, 0.2) is 5.13 Å². The van der Waals surface area contributed by atoms with Crippen LogP contribution in [0, 0.1) is 6.92 Å². The Kier molecular flexibility index (Phi) is 4.43. The van der Waals surface area contributed by atoms with E-state index in [1.165, 1.54) is 29.7 Å². The predicted molar refractivity (Wildman–Crippen MR) is 87.7 cm³/mol. The van der Waals surface area contributed by atoms with Crippen molar-refractivity contribution in [1.29, 1.82) is 0 Å². The zero-order valence-corrected chi connectivity index (χ0v) is 14.3. The standard InChI is InChI=1S/C11H10BrN3O2S3/c1-6-4-7(2-3-8(6)10(13)18)20(16,17)15-11-14-5-9(12)19-11/h2-5H,1H3,(H2,13,18)(H,14,15). The second-order valence-corrected chi connectivity index (χ2v) is 8.45. The minimum absolute atomic E-state index is 0.140. The molecule has 20 heavy (non-hydrogen) atoms. The molecule has 1 heterocycles. The average Bonchev–Trinajstić information content (AvgIpc) is 2.73. The highest BCUT2D eigenvalue weighted by atomic mass is 79.9. The summed E-state index contributed by atoms with van der Waals surface area (Å²) in [5.74, 6) is 0. The molecule has 1 aromatic heterocycles. The molecular weight excluding hydrogens is 382 g/mol. The number of hydrogen-bond donors (Lipinski definition) is 2. The molecule has 0 fully saturated rings. The maximum Gasteiger partial charge on any atom is 0.263 e. The zero-order valence-electron chi connectivity index (χ0n) is 10.3. The van der Waals surface area contributed by atoms with Gasteiger partial charge < -0.3 is 5.73 Å². The van der Waals surface area contributed by atoms with Gasteiger partial charge in [0.05, 0.1) is 14.9 Å². The van der Waals surface area contributed by atoms with Crippen LogP contribution in [0.15, 0.2) is 33.1 Å². The normalized spacial score (nSPS) is 11.3. The molecule has 0 unspecified atom stereocenters. The first kappa shape index (κ1) is 15.4. The number of aromatic nitrogens is 1. The van der Waals surface area contributed by atoms with Crippen molar-refractivity contribution in [3.05, 3.63) is 39.3 Å². The number of thiocarbonyl (C=S) groups is 1. The summed E-state index contributed by atoms with van der Waals surface area (Å²) in [7, 11) is -3.67. The summed E-state index contributed by atoms with van der Waals surface area (Å²) in [6.45, 7) is 1.76. The zero-order chi connectivity index (χ0) is 14.9. The molecule has 106 valence electrons. The molecule has 0 aliphatic rings. The Hall–Kier alpha value is -1.03. The average molecular weight is 392 g/mol. The van der Waals surface area contributed by atoms with Gasteiger partial charge in [-0.05, 0) is 40.5 Å². The molecule has 0 radical (unpaired) electrons. The SMILES string of the molecule is Cc1cc(S(=O)(=O)Nc2ncc(Br)s2)ccc1C(N)=S. The van der Waals surface area contributed by atoms with Crippen molar-refractivity contribution >= 4 is 59.6 Å². The van der Waals surface area contributed by atoms with Crippen LogP contribution in [0.2, 0.25) is 0 Å². The molecule has 9 heteroatoms. The Labute approximate surface area is 134 Å². The Balaban J connectivity index is 2.35. The van der Waals surface area contributed by atoms with E-state index in [4.69, 9.17) is 18.0 Å². The number of anilines is 1. The van der Waals surface area contributed by atoms with Gasteiger partial charge in [-0.15, -0.1) is 0 Å². The van der Waals surface area contributed by atoms with E-state index in [0.29, 0.717) is 16.3 Å². The van der Waals surface area contributed by atoms with Crippen molar-refractivity contribution in [3.8, 4) is 0 Å². The fourth-order valence-corrected chi connectivity index (χ4v) is 4.22. The molecule has 0 bridgehead atoms. The maximum absolute atomic E-state index is 12.2. The fourth-order valence-electron chi connectivity index (χ4n) is 1.56. The maximum atomic E-state index is 12.2. The van der Waals surface area contributed by atoms with Crippen LogP contribution in [0.5, 0.6) is 0 Å². The molecule has 0 spiro atoms. The number of sulfonamides is 1. The minimum Gasteiger partial charge on any atom is -0.389 e. The minimum atomic E-state index is -3.67. The number of benzene rings is 1. The lowest BCUT2D eigenvalue weighted by atomic mass is 10.1. The molecule has 5 nitrogen and oxygen atoms in total. The lowest BCUT2D eigenvalue weighted by Gasteiger charge is -2.08. The highest BCUT2D eigenvalue weighted by molar-refractivity contribution is 9.11. The van der Waals surface area contributed by atoms with Crippen LogP contribution in [0.4, 0.5) is 5.13 Å². The predicted octanol–water partition coefficient (Wildman–Crippen LogP) is 2.65. The van der Waals surface area contributed by atoms with Crippen molar-refractivity contribution < 1.29 is 8.42 Å². The van der Waals surface area contributed by atoms with Gasteiger partial charge in [-0.25, -0.2) is 13.4 Å². The Morgan fingerprint density at radius 1 is 1.50 bits per heavy atom. The molecule has 0 aliphatic carbocycles. The number of aryl methyl sites for hydroxylation is 1. The third-order valence-electron chi connectivity index (χ3n) is 2.47. The molecule has 2 aromatic rings. The summed E-state index contributed by atoms with van der Waals surface area (Å²) in [6.07, 6.45) is 1.53. The van der Waals surface area contributed by atoms with E-state index in [1.807, 2.05) is 0 Å². The molecule has 3 N–H and O–H groups in total. The van der Waals surface area contributed by atoms with Crippen molar-refractivity contribution in [3.63, 3.8) is 0 Å². The molecule has 2 rings (SSSR count). The van der Waals surface area contributed by atoms with Crippen LogP contribution in [-0.2, 0) is 10.0 Å². The van der Waals surface area contributed by atoms with Gasteiger partial charge in [0.2, 0.25) is 0 Å². The summed E-state index contributed by atoms with van der Waals surface area (Å²) in [5, 5.41) is 0.299. The quantitative estimate of drug-likeness (QED) is 0.782. The summed E-state index contributed by atoms with van der Waals surface area (Å²) in [6, 6.07) is 4.59. The third kappa shape index (κ3) is 3.35. The number of rotatable bonds is 4. The lowest BCUT2D eigenvalue weighted by molar-refractivity contribution is 0.601. The Bertz CT molecular complexity index is 771. The van der Waals surface area contributed by atoms with E-state index in [9.17, 15) is 8.42 Å². The molecule has 0 amide bonds. The smallest absolute Gasteiger partial charge is 0.263 e. The summed E-state index contributed by atoms with van der Waals surface area (Å²) < 4.78 is 27.6. The van der Waals surface area contributed by atoms with Crippen molar-refractivity contribution in [2.45, 2.75) is 11.8 Å². The van der Waals surface area contributed by atoms with Crippen molar-refractivity contribution in [2.24, 2.45) is 5.73 Å². The van der Waals surface area contributed by atoms with E-state index in [0.717, 1.165) is 3.79 Å². The number of hydrogen-bond acceptors (Lipinski definition) is 5. The summed E-state index contributed by atoms with van der Waals surface area (Å²) >= 11 is 9.32.